The number of benzene rings is 2. The van der Waals surface area contributed by atoms with Crippen LogP contribution in [0.5, 0.6) is 11.5 Å². The van der Waals surface area contributed by atoms with Crippen LogP contribution < -0.4 is 20.1 Å². The smallest absolute Gasteiger partial charge is 0.321 e. The Kier molecular flexibility index (Phi) is 5.54. The van der Waals surface area contributed by atoms with Gasteiger partial charge < -0.3 is 25.0 Å². The zero-order valence-corrected chi connectivity index (χ0v) is 17.9. The van der Waals surface area contributed by atoms with Gasteiger partial charge in [0.15, 0.2) is 0 Å². The zero-order chi connectivity index (χ0) is 22.0. The Morgan fingerprint density at radius 3 is 2.58 bits per heavy atom. The number of carbonyl (C=O) groups excluding carboxylic acids is 2. The Bertz CT molecular complexity index is 1040. The Morgan fingerprint density at radius 2 is 1.90 bits per heavy atom. The summed E-state index contributed by atoms with van der Waals surface area (Å²) in [6, 6.07) is 12.8. The zero-order valence-electron chi connectivity index (χ0n) is 17.9. The van der Waals surface area contributed by atoms with E-state index in [2.05, 4.69) is 10.6 Å². The maximum atomic E-state index is 12.8. The van der Waals surface area contributed by atoms with E-state index in [0.29, 0.717) is 48.8 Å². The number of ether oxygens (including phenoxy) is 2. The number of likely N-dealkylation sites (tertiary alicyclic amines) is 1. The molecular formula is C23H26N4O4. The fraction of sp³-hybridized carbons (Fsp3) is 0.348. The van der Waals surface area contributed by atoms with Crippen LogP contribution in [0, 0.1) is 6.92 Å². The minimum Gasteiger partial charge on any atom is -0.497 e. The van der Waals surface area contributed by atoms with Crippen LogP contribution in [-0.2, 0) is 4.79 Å². The van der Waals surface area contributed by atoms with E-state index in [0.717, 1.165) is 11.1 Å². The largest absolute Gasteiger partial charge is 0.497 e. The lowest BCUT2D eigenvalue weighted by Gasteiger charge is -2.37. The standard InChI is InChI=1S/C23H26N4O4/c1-15-5-4-6-16(13-15)20-21(28)26-23(25-20)9-11-27(12-10-23)22(29)24-18-8-7-17(30-2)14-19(18)31-3/h4-8,13-14H,9-12H2,1-3H3,(H,24,29)(H,26,28). The van der Waals surface area contributed by atoms with E-state index < -0.39 is 5.66 Å². The molecule has 31 heavy (non-hydrogen) atoms. The first kappa shape index (κ1) is 20.7. The van der Waals surface area contributed by atoms with Crippen LogP contribution in [-0.4, -0.2) is 55.5 Å². The number of nitrogens with zero attached hydrogens (tertiary/aromatic N) is 2. The van der Waals surface area contributed by atoms with Crippen molar-refractivity contribution in [3.63, 3.8) is 0 Å². The molecule has 1 saturated heterocycles. The number of rotatable bonds is 4. The van der Waals surface area contributed by atoms with Gasteiger partial charge in [-0.2, -0.15) is 0 Å². The monoisotopic (exact) mass is 422 g/mol. The minimum atomic E-state index is -0.648. The first-order valence-electron chi connectivity index (χ1n) is 10.2. The lowest BCUT2D eigenvalue weighted by molar-refractivity contribution is -0.115. The summed E-state index contributed by atoms with van der Waals surface area (Å²) in [7, 11) is 3.12. The SMILES string of the molecule is COc1ccc(NC(=O)N2CCC3(CC2)N=C(c2cccc(C)c2)C(=O)N3)c(OC)c1. The van der Waals surface area contributed by atoms with Gasteiger partial charge in [0.05, 0.1) is 19.9 Å². The molecule has 8 heteroatoms. The molecule has 0 aliphatic carbocycles. The van der Waals surface area contributed by atoms with Crippen LogP contribution in [0.2, 0.25) is 0 Å². The Balaban J connectivity index is 1.43. The molecule has 3 amide bonds. The van der Waals surface area contributed by atoms with E-state index in [1.807, 2.05) is 31.2 Å². The number of urea groups is 1. The highest BCUT2D eigenvalue weighted by Gasteiger charge is 2.43. The number of methoxy groups -OCH3 is 2. The van der Waals surface area contributed by atoms with Gasteiger partial charge in [0.1, 0.15) is 22.9 Å². The molecule has 2 aliphatic rings. The third-order valence-electron chi connectivity index (χ3n) is 5.71. The fourth-order valence-corrected chi connectivity index (χ4v) is 3.96. The van der Waals surface area contributed by atoms with Gasteiger partial charge in [-0.05, 0) is 25.1 Å². The summed E-state index contributed by atoms with van der Waals surface area (Å²) in [4.78, 5) is 31.8. The Morgan fingerprint density at radius 1 is 1.13 bits per heavy atom. The van der Waals surface area contributed by atoms with Gasteiger partial charge in [0.2, 0.25) is 0 Å². The molecule has 2 heterocycles. The van der Waals surface area contributed by atoms with Crippen molar-refractivity contribution in [1.82, 2.24) is 10.2 Å². The second-order valence-electron chi connectivity index (χ2n) is 7.80. The maximum absolute atomic E-state index is 12.8. The molecule has 0 aromatic heterocycles. The molecular weight excluding hydrogens is 396 g/mol. The summed E-state index contributed by atoms with van der Waals surface area (Å²) in [6.45, 7) is 2.95. The normalized spacial score (nSPS) is 17.2. The Labute approximate surface area is 181 Å². The summed E-state index contributed by atoms with van der Waals surface area (Å²) in [5, 5.41) is 5.94. The molecule has 0 saturated carbocycles. The topological polar surface area (TPSA) is 92.3 Å². The van der Waals surface area contributed by atoms with Crippen molar-refractivity contribution >= 4 is 23.3 Å². The molecule has 2 aromatic rings. The second kappa shape index (κ2) is 8.29. The summed E-state index contributed by atoms with van der Waals surface area (Å²) in [5.74, 6) is 1.01. The number of hydrogen-bond acceptors (Lipinski definition) is 5. The first-order valence-corrected chi connectivity index (χ1v) is 10.2. The van der Waals surface area contributed by atoms with Gasteiger partial charge in [-0.15, -0.1) is 0 Å². The van der Waals surface area contributed by atoms with Crippen molar-refractivity contribution < 1.29 is 19.1 Å². The molecule has 1 spiro atoms. The molecule has 8 nitrogen and oxygen atoms in total. The van der Waals surface area contributed by atoms with Crippen LogP contribution in [0.25, 0.3) is 0 Å². The third-order valence-corrected chi connectivity index (χ3v) is 5.71. The van der Waals surface area contributed by atoms with Crippen LogP contribution in [0.3, 0.4) is 0 Å². The van der Waals surface area contributed by atoms with Crippen molar-refractivity contribution in [2.45, 2.75) is 25.4 Å². The average Bonchev–Trinajstić information content (AvgIpc) is 3.10. The second-order valence-corrected chi connectivity index (χ2v) is 7.80. The van der Waals surface area contributed by atoms with Crippen molar-refractivity contribution in [3.05, 3.63) is 53.6 Å². The van der Waals surface area contributed by atoms with Gasteiger partial charge in [-0.1, -0.05) is 23.8 Å². The first-order chi connectivity index (χ1) is 14.9. The summed E-state index contributed by atoms with van der Waals surface area (Å²) in [6.07, 6.45) is 1.11. The molecule has 1 fully saturated rings. The highest BCUT2D eigenvalue weighted by atomic mass is 16.5. The summed E-state index contributed by atoms with van der Waals surface area (Å²) >= 11 is 0. The quantitative estimate of drug-likeness (QED) is 0.792. The van der Waals surface area contributed by atoms with E-state index in [4.69, 9.17) is 14.5 Å². The van der Waals surface area contributed by atoms with Gasteiger partial charge in [0.25, 0.3) is 5.91 Å². The molecule has 162 valence electrons. The molecule has 0 radical (unpaired) electrons. The van der Waals surface area contributed by atoms with Crippen molar-refractivity contribution in [2.75, 3.05) is 32.6 Å². The van der Waals surface area contributed by atoms with Gasteiger partial charge in [0, 0.05) is 37.6 Å². The maximum Gasteiger partial charge on any atom is 0.321 e. The van der Waals surface area contributed by atoms with Crippen molar-refractivity contribution in [1.29, 1.82) is 0 Å². The number of nitrogens with one attached hydrogen (secondary N) is 2. The van der Waals surface area contributed by atoms with Crippen LogP contribution in [0.15, 0.2) is 47.5 Å². The van der Waals surface area contributed by atoms with Crippen molar-refractivity contribution in [2.24, 2.45) is 4.99 Å². The van der Waals surface area contributed by atoms with E-state index in [-0.39, 0.29) is 11.9 Å². The molecule has 0 unspecified atom stereocenters. The molecule has 4 rings (SSSR count). The Hall–Kier alpha value is -3.55. The van der Waals surface area contributed by atoms with E-state index in [9.17, 15) is 9.59 Å². The number of anilines is 1. The number of aliphatic imine (C=N–C) groups is 1. The van der Waals surface area contributed by atoms with Gasteiger partial charge in [-0.25, -0.2) is 4.79 Å². The van der Waals surface area contributed by atoms with Crippen LogP contribution in [0.4, 0.5) is 10.5 Å². The minimum absolute atomic E-state index is 0.161. The number of hydrogen-bond donors (Lipinski definition) is 2. The third kappa shape index (κ3) is 4.19. The van der Waals surface area contributed by atoms with Gasteiger partial charge in [-0.3, -0.25) is 9.79 Å². The van der Waals surface area contributed by atoms with Crippen LogP contribution >= 0.6 is 0 Å². The number of amides is 3. The van der Waals surface area contributed by atoms with Crippen molar-refractivity contribution in [3.8, 4) is 11.5 Å². The molecule has 2 N–H and O–H groups in total. The fourth-order valence-electron chi connectivity index (χ4n) is 3.96. The molecule has 0 atom stereocenters. The average molecular weight is 422 g/mol. The van der Waals surface area contributed by atoms with E-state index in [1.165, 1.54) is 0 Å². The molecule has 0 bridgehead atoms. The van der Waals surface area contributed by atoms with E-state index >= 15 is 0 Å². The lowest BCUT2D eigenvalue weighted by Crippen LogP contribution is -2.53. The number of aryl methyl sites for hydroxylation is 1. The predicted octanol–water partition coefficient (Wildman–Crippen LogP) is 2.96. The molecule has 2 aromatic carbocycles. The number of piperidine rings is 1. The van der Waals surface area contributed by atoms with Gasteiger partial charge >= 0.3 is 6.03 Å². The summed E-state index contributed by atoms with van der Waals surface area (Å²) < 4.78 is 10.5. The molecule has 2 aliphatic heterocycles. The predicted molar refractivity (Wildman–Crippen MR) is 118 cm³/mol. The summed E-state index contributed by atoms with van der Waals surface area (Å²) in [5.41, 5.74) is 2.28. The van der Waals surface area contributed by atoms with E-state index in [1.54, 1.807) is 37.3 Å². The number of carbonyl (C=O) groups is 2. The van der Waals surface area contributed by atoms with Crippen LogP contribution in [0.1, 0.15) is 24.0 Å². The highest BCUT2D eigenvalue weighted by molar-refractivity contribution is 6.46. The highest BCUT2D eigenvalue weighted by Crippen LogP contribution is 2.31. The lowest BCUT2D eigenvalue weighted by atomic mass is 9.98.